The Labute approximate surface area is 178 Å². The Morgan fingerprint density at radius 1 is 1.10 bits per heavy atom. The van der Waals surface area contributed by atoms with E-state index in [0.29, 0.717) is 44.3 Å². The molecule has 158 valence electrons. The maximum Gasteiger partial charge on any atom is 0.253 e. The highest BCUT2D eigenvalue weighted by atomic mass is 32.1. The van der Waals surface area contributed by atoms with Crippen LogP contribution < -0.4 is 10.6 Å². The topological polar surface area (TPSA) is 78.5 Å². The number of piperidine rings is 2. The summed E-state index contributed by atoms with van der Waals surface area (Å²) in [5.41, 5.74) is 1.47. The van der Waals surface area contributed by atoms with Crippen LogP contribution in [0.4, 0.5) is 4.39 Å². The fourth-order valence-corrected chi connectivity index (χ4v) is 4.84. The number of carbonyl (C=O) groups is 3. The van der Waals surface area contributed by atoms with E-state index in [-0.39, 0.29) is 41.5 Å². The van der Waals surface area contributed by atoms with E-state index >= 15 is 0 Å². The van der Waals surface area contributed by atoms with Gasteiger partial charge in [0.15, 0.2) is 0 Å². The number of thiophene rings is 1. The lowest BCUT2D eigenvalue weighted by molar-refractivity contribution is -0.130. The Bertz CT molecular complexity index is 908. The van der Waals surface area contributed by atoms with Gasteiger partial charge in [0.05, 0.1) is 12.1 Å². The summed E-state index contributed by atoms with van der Waals surface area (Å²) in [6, 6.07) is 7.15. The van der Waals surface area contributed by atoms with Crippen LogP contribution in [-0.4, -0.2) is 41.8 Å². The largest absolute Gasteiger partial charge is 0.351 e. The number of amides is 3. The van der Waals surface area contributed by atoms with Crippen molar-refractivity contribution in [1.29, 1.82) is 0 Å². The lowest BCUT2D eigenvalue weighted by Crippen LogP contribution is -2.52. The molecular formula is C22H24FN3O3S. The Hall–Kier alpha value is -2.74. The maximum absolute atomic E-state index is 13.1. The third-order valence-corrected chi connectivity index (χ3v) is 6.58. The SMILES string of the molecule is O=C1CC[C@@H](NC(=O)C2CCN(C(=O)c3ccc(F)cc3)CC2)[C@H](c2ccsc2)N1. The summed E-state index contributed by atoms with van der Waals surface area (Å²) in [6.07, 6.45) is 2.18. The lowest BCUT2D eigenvalue weighted by Gasteiger charge is -2.35. The van der Waals surface area contributed by atoms with E-state index in [2.05, 4.69) is 10.6 Å². The van der Waals surface area contributed by atoms with Gasteiger partial charge in [-0.2, -0.15) is 11.3 Å². The summed E-state index contributed by atoms with van der Waals surface area (Å²) in [5.74, 6) is -0.694. The first kappa shape index (κ1) is 20.5. The number of likely N-dealkylation sites (tertiary alicyclic amines) is 1. The van der Waals surface area contributed by atoms with Crippen LogP contribution in [0, 0.1) is 11.7 Å². The number of hydrogen-bond acceptors (Lipinski definition) is 4. The van der Waals surface area contributed by atoms with Crippen LogP contribution in [0.2, 0.25) is 0 Å². The highest BCUT2D eigenvalue weighted by molar-refractivity contribution is 7.08. The Balaban J connectivity index is 1.33. The van der Waals surface area contributed by atoms with E-state index in [9.17, 15) is 18.8 Å². The quantitative estimate of drug-likeness (QED) is 0.785. The van der Waals surface area contributed by atoms with Gasteiger partial charge in [-0.1, -0.05) is 0 Å². The van der Waals surface area contributed by atoms with Crippen LogP contribution in [0.15, 0.2) is 41.1 Å². The lowest BCUT2D eigenvalue weighted by atomic mass is 9.91. The molecule has 3 heterocycles. The molecule has 2 saturated heterocycles. The first-order valence-corrected chi connectivity index (χ1v) is 11.1. The molecule has 2 aliphatic heterocycles. The smallest absolute Gasteiger partial charge is 0.253 e. The van der Waals surface area contributed by atoms with Gasteiger partial charge in [0.1, 0.15) is 5.82 Å². The third-order valence-electron chi connectivity index (χ3n) is 5.88. The van der Waals surface area contributed by atoms with E-state index in [4.69, 9.17) is 0 Å². The number of nitrogens with one attached hydrogen (secondary N) is 2. The van der Waals surface area contributed by atoms with E-state index in [1.165, 1.54) is 24.3 Å². The molecule has 6 nitrogen and oxygen atoms in total. The van der Waals surface area contributed by atoms with Gasteiger partial charge in [0.25, 0.3) is 5.91 Å². The van der Waals surface area contributed by atoms with Crippen LogP contribution in [0.3, 0.4) is 0 Å². The molecule has 4 rings (SSSR count). The minimum Gasteiger partial charge on any atom is -0.351 e. The van der Waals surface area contributed by atoms with E-state index in [1.807, 2.05) is 16.8 Å². The predicted molar refractivity (Wildman–Crippen MR) is 111 cm³/mol. The standard InChI is InChI=1S/C22H24FN3O3S/c23-17-3-1-15(2-4-17)22(29)26-10-7-14(8-11-26)21(28)24-18-5-6-19(27)25-20(18)16-9-12-30-13-16/h1-4,9,12-14,18,20H,5-8,10-11H2,(H,24,28)(H,25,27)/t18-,20+/m1/s1. The van der Waals surface area contributed by atoms with E-state index in [0.717, 1.165) is 5.56 Å². The van der Waals surface area contributed by atoms with Crippen molar-refractivity contribution in [3.8, 4) is 0 Å². The summed E-state index contributed by atoms with van der Waals surface area (Å²) in [4.78, 5) is 39.0. The first-order valence-electron chi connectivity index (χ1n) is 10.2. The van der Waals surface area contributed by atoms with Gasteiger partial charge in [-0.3, -0.25) is 14.4 Å². The van der Waals surface area contributed by atoms with Gasteiger partial charge in [-0.05, 0) is 65.9 Å². The summed E-state index contributed by atoms with van der Waals surface area (Å²) in [7, 11) is 0. The number of rotatable bonds is 4. The summed E-state index contributed by atoms with van der Waals surface area (Å²) >= 11 is 1.56. The molecule has 2 aromatic rings. The summed E-state index contributed by atoms with van der Waals surface area (Å²) in [6.45, 7) is 0.979. The van der Waals surface area contributed by atoms with Crippen molar-refractivity contribution in [2.45, 2.75) is 37.8 Å². The molecule has 0 unspecified atom stereocenters. The minimum atomic E-state index is -0.374. The molecule has 0 spiro atoms. The molecule has 0 radical (unpaired) electrons. The number of hydrogen-bond donors (Lipinski definition) is 2. The predicted octanol–water partition coefficient (Wildman–Crippen LogP) is 2.88. The van der Waals surface area contributed by atoms with Crippen LogP contribution in [0.1, 0.15) is 47.6 Å². The second-order valence-electron chi connectivity index (χ2n) is 7.83. The molecule has 1 aromatic heterocycles. The molecule has 1 aromatic carbocycles. The number of carbonyl (C=O) groups excluding carboxylic acids is 3. The molecule has 2 N–H and O–H groups in total. The van der Waals surface area contributed by atoms with Crippen molar-refractivity contribution in [3.05, 3.63) is 58.0 Å². The highest BCUT2D eigenvalue weighted by Crippen LogP contribution is 2.27. The normalized spacial score (nSPS) is 22.4. The number of nitrogens with zero attached hydrogens (tertiary/aromatic N) is 1. The van der Waals surface area contributed by atoms with Crippen molar-refractivity contribution in [2.24, 2.45) is 5.92 Å². The van der Waals surface area contributed by atoms with Gasteiger partial charge in [0, 0.05) is 31.0 Å². The molecule has 0 aliphatic carbocycles. The van der Waals surface area contributed by atoms with Gasteiger partial charge in [0.2, 0.25) is 11.8 Å². The summed E-state index contributed by atoms with van der Waals surface area (Å²) < 4.78 is 13.1. The number of halogens is 1. The minimum absolute atomic E-state index is 0.00399. The third kappa shape index (κ3) is 4.53. The fraction of sp³-hybridized carbons (Fsp3) is 0.409. The van der Waals surface area contributed by atoms with Gasteiger partial charge >= 0.3 is 0 Å². The fourth-order valence-electron chi connectivity index (χ4n) is 4.14. The Morgan fingerprint density at radius 3 is 2.50 bits per heavy atom. The molecular weight excluding hydrogens is 405 g/mol. The zero-order valence-corrected chi connectivity index (χ0v) is 17.3. The average Bonchev–Trinajstić information content (AvgIpc) is 3.30. The number of benzene rings is 1. The molecule has 30 heavy (non-hydrogen) atoms. The Kier molecular flexibility index (Phi) is 6.13. The molecule has 8 heteroatoms. The monoisotopic (exact) mass is 429 g/mol. The molecule has 3 amide bonds. The van der Waals surface area contributed by atoms with Crippen LogP contribution in [-0.2, 0) is 9.59 Å². The molecule has 0 saturated carbocycles. The highest BCUT2D eigenvalue weighted by Gasteiger charge is 2.34. The van der Waals surface area contributed by atoms with Crippen molar-refractivity contribution < 1.29 is 18.8 Å². The molecule has 0 bridgehead atoms. The van der Waals surface area contributed by atoms with E-state index in [1.54, 1.807) is 16.2 Å². The van der Waals surface area contributed by atoms with Crippen molar-refractivity contribution >= 4 is 29.1 Å². The zero-order valence-electron chi connectivity index (χ0n) is 16.5. The van der Waals surface area contributed by atoms with E-state index < -0.39 is 0 Å². The van der Waals surface area contributed by atoms with Crippen LogP contribution in [0.25, 0.3) is 0 Å². The Morgan fingerprint density at radius 2 is 1.83 bits per heavy atom. The first-order chi connectivity index (χ1) is 14.5. The van der Waals surface area contributed by atoms with Crippen LogP contribution >= 0.6 is 11.3 Å². The van der Waals surface area contributed by atoms with Crippen molar-refractivity contribution in [1.82, 2.24) is 15.5 Å². The van der Waals surface area contributed by atoms with Gasteiger partial charge < -0.3 is 15.5 Å². The van der Waals surface area contributed by atoms with Gasteiger partial charge in [-0.15, -0.1) is 0 Å². The average molecular weight is 430 g/mol. The second-order valence-corrected chi connectivity index (χ2v) is 8.61. The second kappa shape index (κ2) is 8.95. The molecule has 2 fully saturated rings. The van der Waals surface area contributed by atoms with Crippen molar-refractivity contribution in [3.63, 3.8) is 0 Å². The van der Waals surface area contributed by atoms with Gasteiger partial charge in [-0.25, -0.2) is 4.39 Å². The zero-order chi connectivity index (χ0) is 21.1. The summed E-state index contributed by atoms with van der Waals surface area (Å²) in [5, 5.41) is 10.1. The maximum atomic E-state index is 13.1. The van der Waals surface area contributed by atoms with Crippen LogP contribution in [0.5, 0.6) is 0 Å². The molecule has 2 aliphatic rings. The molecule has 2 atom stereocenters. The van der Waals surface area contributed by atoms with Crippen molar-refractivity contribution in [2.75, 3.05) is 13.1 Å².